The lowest BCUT2D eigenvalue weighted by molar-refractivity contribution is -0.150. The van der Waals surface area contributed by atoms with Gasteiger partial charge >= 0.3 is 0 Å². The van der Waals surface area contributed by atoms with E-state index in [1.165, 1.54) is 19.3 Å². The summed E-state index contributed by atoms with van der Waals surface area (Å²) in [4.78, 5) is 26.0. The lowest BCUT2D eigenvalue weighted by Crippen LogP contribution is -2.62. The summed E-state index contributed by atoms with van der Waals surface area (Å²) in [5.41, 5.74) is 0. The highest BCUT2D eigenvalue weighted by Crippen LogP contribution is 2.33. The van der Waals surface area contributed by atoms with E-state index in [2.05, 4.69) is 12.2 Å². The third-order valence-electron chi connectivity index (χ3n) is 4.48. The molecule has 1 saturated heterocycles. The van der Waals surface area contributed by atoms with E-state index in [0.29, 0.717) is 12.3 Å². The van der Waals surface area contributed by atoms with Crippen LogP contribution in [0.2, 0.25) is 0 Å². The minimum Gasteiger partial charge on any atom is -0.345 e. The number of nitrogens with zero attached hydrogens (tertiary/aromatic N) is 1. The van der Waals surface area contributed by atoms with E-state index in [0.717, 1.165) is 12.8 Å². The second-order valence-electron chi connectivity index (χ2n) is 5.46. The number of hydrogen-bond donors (Lipinski definition) is 1. The average Bonchev–Trinajstić information content (AvgIpc) is 2.41. The van der Waals surface area contributed by atoms with Crippen LogP contribution in [0.15, 0.2) is 0 Å². The normalized spacial score (nSPS) is 33.4. The van der Waals surface area contributed by atoms with Crippen molar-refractivity contribution < 1.29 is 9.59 Å². The Balaban J connectivity index is 2.20. The molecule has 2 fully saturated rings. The van der Waals surface area contributed by atoms with E-state index in [1.807, 2.05) is 11.8 Å². The average molecular weight is 252 g/mol. The molecule has 0 aromatic rings. The zero-order valence-electron chi connectivity index (χ0n) is 11.4. The summed E-state index contributed by atoms with van der Waals surface area (Å²) in [6, 6.07) is 0.0376. The van der Waals surface area contributed by atoms with Crippen molar-refractivity contribution in [3.05, 3.63) is 0 Å². The zero-order chi connectivity index (χ0) is 13.1. The molecule has 4 heteroatoms. The number of piperazine rings is 1. The minimum atomic E-state index is -0.247. The second kappa shape index (κ2) is 5.72. The largest absolute Gasteiger partial charge is 0.345 e. The van der Waals surface area contributed by atoms with Gasteiger partial charge in [0.1, 0.15) is 6.04 Å². The van der Waals surface area contributed by atoms with Gasteiger partial charge in [0.25, 0.3) is 0 Å². The maximum Gasteiger partial charge on any atom is 0.243 e. The molecule has 1 heterocycles. The monoisotopic (exact) mass is 252 g/mol. The van der Waals surface area contributed by atoms with Crippen LogP contribution in [-0.4, -0.2) is 35.3 Å². The van der Waals surface area contributed by atoms with Crippen LogP contribution in [0.4, 0.5) is 0 Å². The summed E-state index contributed by atoms with van der Waals surface area (Å²) >= 11 is 0. The van der Waals surface area contributed by atoms with Crippen molar-refractivity contribution >= 4 is 11.8 Å². The fourth-order valence-corrected chi connectivity index (χ4v) is 3.50. The summed E-state index contributed by atoms with van der Waals surface area (Å²) in [5.74, 6) is 0.701. The number of hydrogen-bond acceptors (Lipinski definition) is 2. The van der Waals surface area contributed by atoms with Crippen LogP contribution in [0.3, 0.4) is 0 Å². The first-order valence-electron chi connectivity index (χ1n) is 7.27. The second-order valence-corrected chi connectivity index (χ2v) is 5.46. The zero-order valence-corrected chi connectivity index (χ0v) is 11.4. The van der Waals surface area contributed by atoms with E-state index in [1.54, 1.807) is 0 Å². The van der Waals surface area contributed by atoms with Crippen LogP contribution in [0.5, 0.6) is 0 Å². The number of rotatable bonds is 3. The van der Waals surface area contributed by atoms with Crippen LogP contribution in [-0.2, 0) is 9.59 Å². The van der Waals surface area contributed by atoms with Crippen LogP contribution in [0.25, 0.3) is 0 Å². The van der Waals surface area contributed by atoms with Crippen molar-refractivity contribution in [3.8, 4) is 0 Å². The Morgan fingerprint density at radius 2 is 1.89 bits per heavy atom. The Morgan fingerprint density at radius 1 is 1.17 bits per heavy atom. The van der Waals surface area contributed by atoms with Gasteiger partial charge in [-0.05, 0) is 25.2 Å². The molecule has 0 spiro atoms. The third-order valence-corrected chi connectivity index (χ3v) is 4.48. The van der Waals surface area contributed by atoms with Crippen molar-refractivity contribution in [2.75, 3.05) is 6.54 Å². The molecule has 4 nitrogen and oxygen atoms in total. The van der Waals surface area contributed by atoms with Gasteiger partial charge in [-0.15, -0.1) is 0 Å². The number of carbonyl (C=O) groups is 2. The van der Waals surface area contributed by atoms with Gasteiger partial charge in [-0.3, -0.25) is 9.59 Å². The summed E-state index contributed by atoms with van der Waals surface area (Å²) in [5, 5.41) is 2.70. The van der Waals surface area contributed by atoms with E-state index < -0.39 is 0 Å². The molecule has 18 heavy (non-hydrogen) atoms. The number of amides is 2. The van der Waals surface area contributed by atoms with Gasteiger partial charge in [0, 0.05) is 6.04 Å². The molecule has 0 aromatic heterocycles. The highest BCUT2D eigenvalue weighted by molar-refractivity contribution is 5.95. The Morgan fingerprint density at radius 3 is 2.56 bits per heavy atom. The van der Waals surface area contributed by atoms with Gasteiger partial charge in [-0.1, -0.05) is 33.1 Å². The van der Waals surface area contributed by atoms with Gasteiger partial charge in [0.2, 0.25) is 11.8 Å². The Hall–Kier alpha value is -1.06. The van der Waals surface area contributed by atoms with Crippen molar-refractivity contribution in [2.45, 2.75) is 64.5 Å². The van der Waals surface area contributed by atoms with E-state index in [-0.39, 0.29) is 30.4 Å². The third kappa shape index (κ3) is 2.38. The molecule has 0 radical (unpaired) electrons. The molecule has 3 unspecified atom stereocenters. The summed E-state index contributed by atoms with van der Waals surface area (Å²) in [6.07, 6.45) is 6.52. The molecule has 2 amide bonds. The molecule has 102 valence electrons. The van der Waals surface area contributed by atoms with Gasteiger partial charge < -0.3 is 10.2 Å². The highest BCUT2D eigenvalue weighted by atomic mass is 16.2. The van der Waals surface area contributed by atoms with Crippen LogP contribution in [0, 0.1) is 5.92 Å². The fourth-order valence-electron chi connectivity index (χ4n) is 3.50. The van der Waals surface area contributed by atoms with Gasteiger partial charge in [0.05, 0.1) is 6.54 Å². The molecule has 1 saturated carbocycles. The summed E-state index contributed by atoms with van der Waals surface area (Å²) in [6.45, 7) is 4.36. The van der Waals surface area contributed by atoms with Crippen molar-refractivity contribution in [1.82, 2.24) is 10.2 Å². The van der Waals surface area contributed by atoms with E-state index in [9.17, 15) is 9.59 Å². The molecular weight excluding hydrogens is 228 g/mol. The summed E-state index contributed by atoms with van der Waals surface area (Å²) in [7, 11) is 0. The van der Waals surface area contributed by atoms with Crippen LogP contribution in [0.1, 0.15) is 52.4 Å². The topological polar surface area (TPSA) is 49.4 Å². The quantitative estimate of drug-likeness (QED) is 0.831. The molecular formula is C14H24N2O2. The predicted octanol–water partition coefficient (Wildman–Crippen LogP) is 1.69. The fraction of sp³-hybridized carbons (Fsp3) is 0.857. The summed E-state index contributed by atoms with van der Waals surface area (Å²) < 4.78 is 0. The van der Waals surface area contributed by atoms with Crippen LogP contribution < -0.4 is 5.32 Å². The van der Waals surface area contributed by atoms with E-state index in [4.69, 9.17) is 0 Å². The molecule has 0 aromatic carbocycles. The first kappa shape index (κ1) is 13.4. The van der Waals surface area contributed by atoms with E-state index >= 15 is 0 Å². The SMILES string of the molecule is CCC1CCCCC1N1C(=O)CNC(=O)C1CC. The lowest BCUT2D eigenvalue weighted by atomic mass is 9.81. The lowest BCUT2D eigenvalue weighted by Gasteiger charge is -2.45. The molecule has 2 rings (SSSR count). The van der Waals surface area contributed by atoms with Crippen molar-refractivity contribution in [3.63, 3.8) is 0 Å². The first-order chi connectivity index (χ1) is 8.69. The van der Waals surface area contributed by atoms with Crippen LogP contribution >= 0.6 is 0 Å². The molecule has 2 aliphatic rings. The first-order valence-corrected chi connectivity index (χ1v) is 7.27. The number of nitrogens with one attached hydrogen (secondary N) is 1. The maximum absolute atomic E-state index is 12.2. The smallest absolute Gasteiger partial charge is 0.243 e. The maximum atomic E-state index is 12.2. The van der Waals surface area contributed by atoms with Crippen molar-refractivity contribution in [2.24, 2.45) is 5.92 Å². The van der Waals surface area contributed by atoms with Crippen molar-refractivity contribution in [1.29, 1.82) is 0 Å². The Labute approximate surface area is 109 Å². The highest BCUT2D eigenvalue weighted by Gasteiger charge is 2.40. The predicted molar refractivity (Wildman–Crippen MR) is 70.0 cm³/mol. The molecule has 3 atom stereocenters. The Kier molecular flexibility index (Phi) is 4.25. The molecule has 1 aliphatic heterocycles. The minimum absolute atomic E-state index is 0.0255. The molecule has 0 bridgehead atoms. The Bertz CT molecular complexity index is 330. The molecule has 1 aliphatic carbocycles. The molecule has 1 N–H and O–H groups in total. The van der Waals surface area contributed by atoms with Gasteiger partial charge in [0.15, 0.2) is 0 Å². The standard InChI is InChI=1S/C14H24N2O2/c1-3-10-7-5-6-8-12(10)16-11(4-2)14(18)15-9-13(16)17/h10-12H,3-9H2,1-2H3,(H,15,18). The van der Waals surface area contributed by atoms with Gasteiger partial charge in [-0.2, -0.15) is 0 Å². The number of carbonyl (C=O) groups excluding carboxylic acids is 2. The van der Waals surface area contributed by atoms with Gasteiger partial charge in [-0.25, -0.2) is 0 Å².